The van der Waals surface area contributed by atoms with Crippen LogP contribution in [0.5, 0.6) is 5.75 Å². The summed E-state index contributed by atoms with van der Waals surface area (Å²) in [6.07, 6.45) is 0. The first kappa shape index (κ1) is 17.1. The molecule has 0 aliphatic rings. The third-order valence-corrected chi connectivity index (χ3v) is 4.31. The molecule has 0 fully saturated rings. The molecule has 0 saturated carbocycles. The predicted octanol–water partition coefficient (Wildman–Crippen LogP) is 5.33. The predicted molar refractivity (Wildman–Crippen MR) is 104 cm³/mol. The Morgan fingerprint density at radius 3 is 2.48 bits per heavy atom. The van der Waals surface area contributed by atoms with Gasteiger partial charge in [-0.2, -0.15) is 0 Å². The zero-order chi connectivity index (χ0) is 18.8. The molecule has 1 aromatic heterocycles. The first-order valence-electron chi connectivity index (χ1n) is 8.21. The van der Waals surface area contributed by atoms with Crippen molar-refractivity contribution in [2.24, 2.45) is 0 Å². The maximum atomic E-state index is 12.3. The average Bonchev–Trinajstić information content (AvgIpc) is 2.67. The van der Waals surface area contributed by atoms with E-state index in [9.17, 15) is 9.59 Å². The number of esters is 1. The van der Waals surface area contributed by atoms with Gasteiger partial charge in [0.05, 0.1) is 5.56 Å². The third kappa shape index (κ3) is 3.61. The molecule has 3 aromatic carbocycles. The first-order chi connectivity index (χ1) is 13.1. The van der Waals surface area contributed by atoms with Gasteiger partial charge in [-0.05, 0) is 41.5 Å². The number of rotatable bonds is 3. The summed E-state index contributed by atoms with van der Waals surface area (Å²) in [6, 6.07) is 22.4. The van der Waals surface area contributed by atoms with Crippen molar-refractivity contribution < 1.29 is 13.9 Å². The fourth-order valence-electron chi connectivity index (χ4n) is 2.84. The highest BCUT2D eigenvalue weighted by atomic mass is 35.5. The lowest BCUT2D eigenvalue weighted by Gasteiger charge is -2.08. The number of carbonyl (C=O) groups is 1. The average molecular weight is 377 g/mol. The van der Waals surface area contributed by atoms with E-state index in [4.69, 9.17) is 20.8 Å². The zero-order valence-corrected chi connectivity index (χ0v) is 14.8. The second-order valence-corrected chi connectivity index (χ2v) is 6.34. The maximum Gasteiger partial charge on any atom is 0.343 e. The highest BCUT2D eigenvalue weighted by Gasteiger charge is 2.12. The van der Waals surface area contributed by atoms with Crippen LogP contribution in [0.25, 0.3) is 22.1 Å². The maximum absolute atomic E-state index is 12.3. The van der Waals surface area contributed by atoms with Gasteiger partial charge in [-0.25, -0.2) is 9.59 Å². The molecule has 1 heterocycles. The van der Waals surface area contributed by atoms with Gasteiger partial charge < -0.3 is 9.15 Å². The van der Waals surface area contributed by atoms with Crippen LogP contribution >= 0.6 is 11.6 Å². The molecule has 0 bridgehead atoms. The molecule has 0 atom stereocenters. The van der Waals surface area contributed by atoms with Crippen molar-refractivity contribution in [2.45, 2.75) is 0 Å². The standard InChI is InChI=1S/C22H13ClO4/c23-16-8-4-7-15(11-16)22(25)26-17-9-10-18-19(14-5-2-1-3-6-14)13-21(24)27-20(18)12-17/h1-13H. The van der Waals surface area contributed by atoms with Gasteiger partial charge in [0.1, 0.15) is 11.3 Å². The number of halogens is 1. The molecule has 0 amide bonds. The van der Waals surface area contributed by atoms with Gasteiger partial charge in [0, 0.05) is 22.5 Å². The van der Waals surface area contributed by atoms with Crippen molar-refractivity contribution in [3.63, 3.8) is 0 Å². The molecule has 0 aliphatic heterocycles. The summed E-state index contributed by atoms with van der Waals surface area (Å²) in [5.74, 6) is -0.265. The van der Waals surface area contributed by atoms with Crippen LogP contribution in [0.4, 0.5) is 0 Å². The molecule has 5 heteroatoms. The topological polar surface area (TPSA) is 56.5 Å². The van der Waals surface area contributed by atoms with Crippen molar-refractivity contribution >= 4 is 28.5 Å². The van der Waals surface area contributed by atoms with E-state index in [2.05, 4.69) is 0 Å². The van der Waals surface area contributed by atoms with Crippen LogP contribution in [-0.2, 0) is 0 Å². The number of ether oxygens (including phenoxy) is 1. The summed E-state index contributed by atoms with van der Waals surface area (Å²) in [6.45, 7) is 0. The van der Waals surface area contributed by atoms with Gasteiger partial charge in [-0.3, -0.25) is 0 Å². The van der Waals surface area contributed by atoms with Crippen LogP contribution in [0.2, 0.25) is 5.02 Å². The van der Waals surface area contributed by atoms with Crippen molar-refractivity contribution in [2.75, 3.05) is 0 Å². The van der Waals surface area contributed by atoms with E-state index in [1.807, 2.05) is 30.3 Å². The van der Waals surface area contributed by atoms with Crippen molar-refractivity contribution in [1.82, 2.24) is 0 Å². The second-order valence-electron chi connectivity index (χ2n) is 5.90. The molecule has 0 aliphatic carbocycles. The summed E-state index contributed by atoms with van der Waals surface area (Å²) in [4.78, 5) is 24.3. The number of hydrogen-bond donors (Lipinski definition) is 0. The summed E-state index contributed by atoms with van der Waals surface area (Å²) in [5.41, 5.74) is 1.87. The van der Waals surface area contributed by atoms with Crippen molar-refractivity contribution in [1.29, 1.82) is 0 Å². The molecule has 4 aromatic rings. The van der Waals surface area contributed by atoms with E-state index >= 15 is 0 Å². The number of hydrogen-bond acceptors (Lipinski definition) is 4. The quantitative estimate of drug-likeness (QED) is 0.275. The van der Waals surface area contributed by atoms with E-state index in [0.29, 0.717) is 16.2 Å². The molecule has 0 radical (unpaired) electrons. The normalized spacial score (nSPS) is 10.7. The number of benzene rings is 3. The van der Waals surface area contributed by atoms with Gasteiger partial charge in [-0.15, -0.1) is 0 Å². The Morgan fingerprint density at radius 1 is 0.889 bits per heavy atom. The summed E-state index contributed by atoms with van der Waals surface area (Å²) in [5, 5.41) is 1.20. The van der Waals surface area contributed by atoms with Crippen LogP contribution in [0.3, 0.4) is 0 Å². The van der Waals surface area contributed by atoms with Crippen molar-refractivity contribution in [3.8, 4) is 16.9 Å². The fourth-order valence-corrected chi connectivity index (χ4v) is 3.03. The lowest BCUT2D eigenvalue weighted by atomic mass is 10.0. The third-order valence-electron chi connectivity index (χ3n) is 4.07. The van der Waals surface area contributed by atoms with Gasteiger partial charge in [-0.1, -0.05) is 48.0 Å². The SMILES string of the molecule is O=C(Oc1ccc2c(-c3ccccc3)cc(=O)oc2c1)c1cccc(Cl)c1. The van der Waals surface area contributed by atoms with Crippen LogP contribution in [0.15, 0.2) is 88.1 Å². The first-order valence-corrected chi connectivity index (χ1v) is 8.59. The lowest BCUT2D eigenvalue weighted by Crippen LogP contribution is -2.08. The zero-order valence-electron chi connectivity index (χ0n) is 14.0. The molecule has 0 N–H and O–H groups in total. The Bertz CT molecular complexity index is 1200. The highest BCUT2D eigenvalue weighted by molar-refractivity contribution is 6.30. The number of carbonyl (C=O) groups excluding carboxylic acids is 1. The Labute approximate surface area is 159 Å². The summed E-state index contributed by atoms with van der Waals surface area (Å²) >= 11 is 5.91. The van der Waals surface area contributed by atoms with Crippen molar-refractivity contribution in [3.05, 3.63) is 99.9 Å². The Hall–Kier alpha value is -3.37. The van der Waals surface area contributed by atoms with E-state index < -0.39 is 11.6 Å². The Kier molecular flexibility index (Phi) is 4.48. The Morgan fingerprint density at radius 2 is 1.70 bits per heavy atom. The molecule has 0 unspecified atom stereocenters. The second kappa shape index (κ2) is 7.09. The highest BCUT2D eigenvalue weighted by Crippen LogP contribution is 2.29. The minimum Gasteiger partial charge on any atom is -0.423 e. The van der Waals surface area contributed by atoms with Gasteiger partial charge >= 0.3 is 11.6 Å². The smallest absolute Gasteiger partial charge is 0.343 e. The molecule has 4 nitrogen and oxygen atoms in total. The molecular formula is C22H13ClO4. The van der Waals surface area contributed by atoms with Crippen LogP contribution in [-0.4, -0.2) is 5.97 Å². The molecule has 132 valence electrons. The van der Waals surface area contributed by atoms with E-state index in [-0.39, 0.29) is 5.75 Å². The number of fused-ring (bicyclic) bond motifs is 1. The van der Waals surface area contributed by atoms with Gasteiger partial charge in [0.25, 0.3) is 0 Å². The minimum absolute atomic E-state index is 0.279. The fraction of sp³-hybridized carbons (Fsp3) is 0. The molecule has 0 spiro atoms. The molecule has 0 saturated heterocycles. The summed E-state index contributed by atoms with van der Waals surface area (Å²) in [7, 11) is 0. The minimum atomic E-state index is -0.543. The van der Waals surface area contributed by atoms with E-state index in [1.54, 1.807) is 30.3 Å². The molecule has 27 heavy (non-hydrogen) atoms. The van der Waals surface area contributed by atoms with Gasteiger partial charge in [0.15, 0.2) is 0 Å². The van der Waals surface area contributed by atoms with Crippen LogP contribution in [0.1, 0.15) is 10.4 Å². The molecular weight excluding hydrogens is 364 g/mol. The van der Waals surface area contributed by atoms with E-state index in [0.717, 1.165) is 16.5 Å². The van der Waals surface area contributed by atoms with Crippen LogP contribution in [0, 0.1) is 0 Å². The summed E-state index contributed by atoms with van der Waals surface area (Å²) < 4.78 is 10.7. The van der Waals surface area contributed by atoms with Gasteiger partial charge in [0.2, 0.25) is 0 Å². The van der Waals surface area contributed by atoms with Crippen LogP contribution < -0.4 is 10.4 Å². The largest absolute Gasteiger partial charge is 0.423 e. The Balaban J connectivity index is 1.73. The van der Waals surface area contributed by atoms with E-state index in [1.165, 1.54) is 18.2 Å². The monoisotopic (exact) mass is 376 g/mol. The lowest BCUT2D eigenvalue weighted by molar-refractivity contribution is 0.0735. The molecule has 4 rings (SSSR count).